The van der Waals surface area contributed by atoms with Gasteiger partial charge in [-0.1, -0.05) is 13.0 Å². The van der Waals surface area contributed by atoms with E-state index in [0.29, 0.717) is 6.42 Å². The van der Waals surface area contributed by atoms with Crippen LogP contribution in [0.4, 0.5) is 0 Å². The summed E-state index contributed by atoms with van der Waals surface area (Å²) in [5, 5.41) is 9.78. The lowest BCUT2D eigenvalue weighted by atomic mass is 10.1. The molecule has 0 fully saturated rings. The Morgan fingerprint density at radius 1 is 1.41 bits per heavy atom. The highest BCUT2D eigenvalue weighted by molar-refractivity contribution is 5.83. The average molecular weight is 232 g/mol. The Morgan fingerprint density at radius 2 is 2.18 bits per heavy atom. The van der Waals surface area contributed by atoms with Crippen molar-refractivity contribution in [2.75, 3.05) is 0 Å². The molecule has 1 aromatic heterocycles. The van der Waals surface area contributed by atoms with Crippen molar-refractivity contribution in [2.24, 2.45) is 0 Å². The number of aliphatic carboxylic acids is 1. The number of carbonyl (C=O) groups is 1. The summed E-state index contributed by atoms with van der Waals surface area (Å²) in [6, 6.07) is 6.14. The highest BCUT2D eigenvalue weighted by Gasteiger charge is 2.11. The first-order valence-electron chi connectivity index (χ1n) is 5.84. The van der Waals surface area contributed by atoms with E-state index in [9.17, 15) is 4.79 Å². The maximum Gasteiger partial charge on any atom is 0.303 e. The summed E-state index contributed by atoms with van der Waals surface area (Å²) in [6.07, 6.45) is 1.56. The van der Waals surface area contributed by atoms with Gasteiger partial charge in [-0.15, -0.1) is 0 Å². The van der Waals surface area contributed by atoms with Gasteiger partial charge in [-0.05, 0) is 36.6 Å². The van der Waals surface area contributed by atoms with Crippen molar-refractivity contribution < 1.29 is 14.3 Å². The number of benzene rings is 1. The molecule has 0 spiro atoms. The van der Waals surface area contributed by atoms with Gasteiger partial charge in [0.05, 0.1) is 6.42 Å². The molecule has 0 saturated carbocycles. The standard InChI is InChI=1S/C14H16O3/c1-3-10-4-5-13-11(8-10)9(2)12(17-13)6-7-14(15)16/h4-5,8H,3,6-7H2,1-2H3,(H,15,16). The van der Waals surface area contributed by atoms with E-state index in [1.54, 1.807) is 0 Å². The zero-order chi connectivity index (χ0) is 12.4. The molecule has 0 aliphatic carbocycles. The van der Waals surface area contributed by atoms with E-state index in [4.69, 9.17) is 9.52 Å². The largest absolute Gasteiger partial charge is 0.481 e. The molecule has 1 aromatic carbocycles. The van der Waals surface area contributed by atoms with Crippen LogP contribution in [0.2, 0.25) is 0 Å². The predicted octanol–water partition coefficient (Wildman–Crippen LogP) is 3.32. The Bertz CT molecular complexity index is 552. The fourth-order valence-corrected chi connectivity index (χ4v) is 2.00. The van der Waals surface area contributed by atoms with E-state index in [2.05, 4.69) is 13.0 Å². The van der Waals surface area contributed by atoms with E-state index >= 15 is 0 Å². The van der Waals surface area contributed by atoms with E-state index in [-0.39, 0.29) is 6.42 Å². The SMILES string of the molecule is CCc1ccc2oc(CCC(=O)O)c(C)c2c1. The number of hydrogen-bond donors (Lipinski definition) is 1. The molecule has 0 atom stereocenters. The van der Waals surface area contributed by atoms with E-state index in [1.165, 1.54) is 5.56 Å². The number of carboxylic acids is 1. The third kappa shape index (κ3) is 2.33. The molecule has 3 heteroatoms. The average Bonchev–Trinajstić information content (AvgIpc) is 2.63. The smallest absolute Gasteiger partial charge is 0.303 e. The van der Waals surface area contributed by atoms with E-state index in [1.807, 2.05) is 19.1 Å². The highest BCUT2D eigenvalue weighted by atomic mass is 16.4. The molecular weight excluding hydrogens is 216 g/mol. The maximum absolute atomic E-state index is 10.6. The molecule has 17 heavy (non-hydrogen) atoms. The van der Waals surface area contributed by atoms with Gasteiger partial charge in [0.25, 0.3) is 0 Å². The first-order chi connectivity index (χ1) is 8.11. The van der Waals surface area contributed by atoms with Crippen LogP contribution in [0.3, 0.4) is 0 Å². The van der Waals surface area contributed by atoms with Crippen LogP contribution in [0.1, 0.15) is 30.2 Å². The highest BCUT2D eigenvalue weighted by Crippen LogP contribution is 2.27. The van der Waals surface area contributed by atoms with Crippen molar-refractivity contribution in [2.45, 2.75) is 33.1 Å². The van der Waals surface area contributed by atoms with E-state index in [0.717, 1.165) is 28.7 Å². The lowest BCUT2D eigenvalue weighted by molar-refractivity contribution is -0.137. The summed E-state index contributed by atoms with van der Waals surface area (Å²) in [5.41, 5.74) is 3.18. The van der Waals surface area contributed by atoms with Gasteiger partial charge in [-0.2, -0.15) is 0 Å². The fourth-order valence-electron chi connectivity index (χ4n) is 2.00. The minimum absolute atomic E-state index is 0.112. The number of rotatable bonds is 4. The molecule has 0 aliphatic heterocycles. The molecule has 0 bridgehead atoms. The van der Waals surface area contributed by atoms with Crippen LogP contribution in [-0.4, -0.2) is 11.1 Å². The normalized spacial score (nSPS) is 10.9. The van der Waals surface area contributed by atoms with Gasteiger partial charge >= 0.3 is 5.97 Å². The summed E-state index contributed by atoms with van der Waals surface area (Å²) >= 11 is 0. The summed E-state index contributed by atoms with van der Waals surface area (Å²) in [7, 11) is 0. The molecule has 2 rings (SSSR count). The molecule has 0 amide bonds. The van der Waals surface area contributed by atoms with Crippen LogP contribution in [0.15, 0.2) is 22.6 Å². The molecule has 0 radical (unpaired) electrons. The van der Waals surface area contributed by atoms with Gasteiger partial charge in [-0.3, -0.25) is 4.79 Å². The monoisotopic (exact) mass is 232 g/mol. The molecule has 0 aliphatic rings. The van der Waals surface area contributed by atoms with Crippen LogP contribution in [0.5, 0.6) is 0 Å². The van der Waals surface area contributed by atoms with E-state index < -0.39 is 5.97 Å². The summed E-state index contributed by atoms with van der Waals surface area (Å²) < 4.78 is 5.69. The van der Waals surface area contributed by atoms with Crippen molar-refractivity contribution in [1.82, 2.24) is 0 Å². The topological polar surface area (TPSA) is 50.4 Å². The van der Waals surface area contributed by atoms with Crippen LogP contribution in [-0.2, 0) is 17.6 Å². The third-order valence-electron chi connectivity index (χ3n) is 3.07. The van der Waals surface area contributed by atoms with Crippen LogP contribution < -0.4 is 0 Å². The van der Waals surface area contributed by atoms with Gasteiger partial charge in [0, 0.05) is 11.8 Å². The molecule has 90 valence electrons. The zero-order valence-electron chi connectivity index (χ0n) is 10.1. The van der Waals surface area contributed by atoms with Crippen molar-refractivity contribution in [1.29, 1.82) is 0 Å². The van der Waals surface area contributed by atoms with Gasteiger partial charge in [0.2, 0.25) is 0 Å². The van der Waals surface area contributed by atoms with Crippen molar-refractivity contribution >= 4 is 16.9 Å². The second kappa shape index (κ2) is 4.62. The Labute approximate surface area is 100 Å². The summed E-state index contributed by atoms with van der Waals surface area (Å²) in [4.78, 5) is 10.6. The maximum atomic E-state index is 10.6. The van der Waals surface area contributed by atoms with Gasteiger partial charge < -0.3 is 9.52 Å². The Kier molecular flexibility index (Phi) is 3.18. The molecule has 1 heterocycles. The Morgan fingerprint density at radius 3 is 2.82 bits per heavy atom. The molecule has 0 unspecified atom stereocenters. The molecule has 3 nitrogen and oxygen atoms in total. The number of fused-ring (bicyclic) bond motifs is 1. The Hall–Kier alpha value is -1.77. The molecule has 2 aromatic rings. The minimum Gasteiger partial charge on any atom is -0.481 e. The van der Waals surface area contributed by atoms with Gasteiger partial charge in [0.15, 0.2) is 0 Å². The lowest BCUT2D eigenvalue weighted by Crippen LogP contribution is -1.97. The minimum atomic E-state index is -0.792. The summed E-state index contributed by atoms with van der Waals surface area (Å²) in [6.45, 7) is 4.10. The van der Waals surface area contributed by atoms with Crippen LogP contribution >= 0.6 is 0 Å². The van der Waals surface area contributed by atoms with Crippen molar-refractivity contribution in [3.8, 4) is 0 Å². The number of hydrogen-bond acceptors (Lipinski definition) is 2. The quantitative estimate of drug-likeness (QED) is 0.879. The second-order valence-corrected chi connectivity index (χ2v) is 4.23. The third-order valence-corrected chi connectivity index (χ3v) is 3.07. The summed E-state index contributed by atoms with van der Waals surface area (Å²) in [5.74, 6) is -0.00486. The molecule has 0 saturated heterocycles. The van der Waals surface area contributed by atoms with Crippen LogP contribution in [0.25, 0.3) is 11.0 Å². The lowest BCUT2D eigenvalue weighted by Gasteiger charge is -1.96. The van der Waals surface area contributed by atoms with Crippen molar-refractivity contribution in [3.63, 3.8) is 0 Å². The first-order valence-corrected chi connectivity index (χ1v) is 5.84. The number of carboxylic acid groups (broad SMARTS) is 1. The molecular formula is C14H16O3. The second-order valence-electron chi connectivity index (χ2n) is 4.23. The van der Waals surface area contributed by atoms with Crippen LogP contribution in [0, 0.1) is 6.92 Å². The molecule has 1 N–H and O–H groups in total. The first kappa shape index (κ1) is 11.7. The number of aryl methyl sites for hydroxylation is 3. The Balaban J connectivity index is 2.38. The van der Waals surface area contributed by atoms with Gasteiger partial charge in [0.1, 0.15) is 11.3 Å². The van der Waals surface area contributed by atoms with Gasteiger partial charge in [-0.25, -0.2) is 0 Å². The van der Waals surface area contributed by atoms with Crippen molar-refractivity contribution in [3.05, 3.63) is 35.1 Å². The fraction of sp³-hybridized carbons (Fsp3) is 0.357. The zero-order valence-corrected chi connectivity index (χ0v) is 10.1. The predicted molar refractivity (Wildman–Crippen MR) is 66.3 cm³/mol. The number of furan rings is 1.